The monoisotopic (exact) mass is 280 g/mol. The topological polar surface area (TPSA) is 71.3 Å². The Bertz CT molecular complexity index is 636. The first-order valence-corrected chi connectivity index (χ1v) is 7.71. The number of anilines is 2. The quantitative estimate of drug-likeness (QED) is 0.883. The van der Waals surface area contributed by atoms with Crippen LogP contribution in [0.2, 0.25) is 0 Å². The molecule has 2 N–H and O–H groups in total. The van der Waals surface area contributed by atoms with E-state index in [1.165, 1.54) is 0 Å². The molecular formula is C13H16N2O3S. The summed E-state index contributed by atoms with van der Waals surface area (Å²) in [5, 5.41) is 3.24. The largest absolute Gasteiger partial charge is 0.467 e. The van der Waals surface area contributed by atoms with Crippen LogP contribution in [0.15, 0.2) is 47.1 Å². The van der Waals surface area contributed by atoms with Gasteiger partial charge in [-0.25, -0.2) is 8.42 Å². The molecule has 0 fully saturated rings. The highest BCUT2D eigenvalue weighted by Gasteiger charge is 2.08. The van der Waals surface area contributed by atoms with Crippen molar-refractivity contribution in [1.82, 2.24) is 0 Å². The van der Waals surface area contributed by atoms with Gasteiger partial charge in [-0.15, -0.1) is 0 Å². The molecule has 1 unspecified atom stereocenters. The van der Waals surface area contributed by atoms with Crippen molar-refractivity contribution in [3.8, 4) is 0 Å². The maximum atomic E-state index is 11.2. The third-order valence-corrected chi connectivity index (χ3v) is 3.13. The number of furan rings is 1. The van der Waals surface area contributed by atoms with Gasteiger partial charge in [-0.2, -0.15) is 0 Å². The molecule has 0 saturated heterocycles. The van der Waals surface area contributed by atoms with Gasteiger partial charge in [0.05, 0.1) is 24.2 Å². The Kier molecular flexibility index (Phi) is 3.80. The van der Waals surface area contributed by atoms with E-state index in [1.54, 1.807) is 24.5 Å². The zero-order chi connectivity index (χ0) is 13.9. The second-order valence-electron chi connectivity index (χ2n) is 4.34. The molecule has 1 aromatic heterocycles. The summed E-state index contributed by atoms with van der Waals surface area (Å²) in [5.41, 5.74) is 1.34. The molecule has 0 bridgehead atoms. The van der Waals surface area contributed by atoms with Crippen LogP contribution < -0.4 is 10.0 Å². The van der Waals surface area contributed by atoms with Crippen molar-refractivity contribution in [1.29, 1.82) is 0 Å². The second kappa shape index (κ2) is 5.36. The first-order valence-electron chi connectivity index (χ1n) is 5.82. The van der Waals surface area contributed by atoms with Crippen molar-refractivity contribution in [3.05, 3.63) is 48.4 Å². The smallest absolute Gasteiger partial charge is 0.229 e. The molecule has 0 aliphatic heterocycles. The van der Waals surface area contributed by atoms with Crippen LogP contribution in [-0.2, 0) is 10.0 Å². The van der Waals surface area contributed by atoms with E-state index in [0.717, 1.165) is 17.7 Å². The average molecular weight is 280 g/mol. The first kappa shape index (κ1) is 13.5. The van der Waals surface area contributed by atoms with Gasteiger partial charge in [-0.1, -0.05) is 6.07 Å². The lowest BCUT2D eigenvalue weighted by atomic mass is 10.2. The van der Waals surface area contributed by atoms with Crippen molar-refractivity contribution in [2.75, 3.05) is 16.3 Å². The summed E-state index contributed by atoms with van der Waals surface area (Å²) >= 11 is 0. The van der Waals surface area contributed by atoms with E-state index < -0.39 is 10.0 Å². The van der Waals surface area contributed by atoms with E-state index in [2.05, 4.69) is 10.0 Å². The SMILES string of the molecule is CC(Nc1cccc(NS(C)(=O)=O)c1)c1ccco1. The molecule has 19 heavy (non-hydrogen) atoms. The minimum Gasteiger partial charge on any atom is -0.467 e. The van der Waals surface area contributed by atoms with E-state index in [4.69, 9.17) is 4.42 Å². The van der Waals surface area contributed by atoms with Crippen LogP contribution >= 0.6 is 0 Å². The maximum absolute atomic E-state index is 11.2. The molecular weight excluding hydrogens is 264 g/mol. The van der Waals surface area contributed by atoms with Crippen molar-refractivity contribution >= 4 is 21.4 Å². The fourth-order valence-corrected chi connectivity index (χ4v) is 2.30. The number of nitrogens with one attached hydrogen (secondary N) is 2. The molecule has 2 aromatic rings. The van der Waals surface area contributed by atoms with Crippen LogP contribution in [0.5, 0.6) is 0 Å². The van der Waals surface area contributed by atoms with E-state index >= 15 is 0 Å². The Morgan fingerprint density at radius 1 is 1.16 bits per heavy atom. The number of hydrogen-bond donors (Lipinski definition) is 2. The van der Waals surface area contributed by atoms with Gasteiger partial charge >= 0.3 is 0 Å². The highest BCUT2D eigenvalue weighted by molar-refractivity contribution is 7.92. The Labute approximate surface area is 112 Å². The fraction of sp³-hybridized carbons (Fsp3) is 0.231. The zero-order valence-electron chi connectivity index (χ0n) is 10.8. The van der Waals surface area contributed by atoms with Crippen molar-refractivity contribution in [2.24, 2.45) is 0 Å². The Morgan fingerprint density at radius 2 is 1.89 bits per heavy atom. The number of rotatable bonds is 5. The van der Waals surface area contributed by atoms with Gasteiger partial charge in [0.25, 0.3) is 0 Å². The molecule has 6 heteroatoms. The molecule has 1 heterocycles. The van der Waals surface area contributed by atoms with Gasteiger partial charge in [0.1, 0.15) is 5.76 Å². The molecule has 0 radical (unpaired) electrons. The summed E-state index contributed by atoms with van der Waals surface area (Å²) in [5.74, 6) is 0.821. The molecule has 1 atom stereocenters. The summed E-state index contributed by atoms with van der Waals surface area (Å²) in [6.07, 6.45) is 2.74. The van der Waals surface area contributed by atoms with Crippen molar-refractivity contribution in [2.45, 2.75) is 13.0 Å². The van der Waals surface area contributed by atoms with E-state index in [0.29, 0.717) is 5.69 Å². The molecule has 0 saturated carbocycles. The molecule has 0 aliphatic carbocycles. The lowest BCUT2D eigenvalue weighted by molar-refractivity contribution is 0.490. The third kappa shape index (κ3) is 4.03. The third-order valence-electron chi connectivity index (χ3n) is 2.52. The summed E-state index contributed by atoms with van der Waals surface area (Å²) in [7, 11) is -3.26. The lowest BCUT2D eigenvalue weighted by Crippen LogP contribution is -2.10. The van der Waals surface area contributed by atoms with Crippen LogP contribution in [0.4, 0.5) is 11.4 Å². The van der Waals surface area contributed by atoms with Crippen LogP contribution in [0.25, 0.3) is 0 Å². The average Bonchev–Trinajstić information content (AvgIpc) is 2.80. The molecule has 2 rings (SSSR count). The molecule has 102 valence electrons. The van der Waals surface area contributed by atoms with E-state index in [-0.39, 0.29) is 6.04 Å². The Morgan fingerprint density at radius 3 is 2.53 bits per heavy atom. The van der Waals surface area contributed by atoms with Gasteiger partial charge in [0, 0.05) is 5.69 Å². The van der Waals surface area contributed by atoms with Crippen LogP contribution in [0, 0.1) is 0 Å². The minimum atomic E-state index is -3.26. The van der Waals surface area contributed by atoms with Gasteiger partial charge in [0.15, 0.2) is 0 Å². The first-order chi connectivity index (χ1) is 8.94. The summed E-state index contributed by atoms with van der Waals surface area (Å²) < 4.78 is 30.1. The Hall–Kier alpha value is -1.95. The molecule has 5 nitrogen and oxygen atoms in total. The zero-order valence-corrected chi connectivity index (χ0v) is 11.6. The highest BCUT2D eigenvalue weighted by atomic mass is 32.2. The number of hydrogen-bond acceptors (Lipinski definition) is 4. The predicted molar refractivity (Wildman–Crippen MR) is 75.7 cm³/mol. The van der Waals surface area contributed by atoms with E-state index in [1.807, 2.05) is 25.1 Å². The normalized spacial score (nSPS) is 12.9. The van der Waals surface area contributed by atoms with Crippen molar-refractivity contribution in [3.63, 3.8) is 0 Å². The van der Waals surface area contributed by atoms with Gasteiger partial charge < -0.3 is 9.73 Å². The van der Waals surface area contributed by atoms with Crippen LogP contribution in [0.3, 0.4) is 0 Å². The van der Waals surface area contributed by atoms with Gasteiger partial charge in [-0.3, -0.25) is 4.72 Å². The second-order valence-corrected chi connectivity index (χ2v) is 6.08. The van der Waals surface area contributed by atoms with E-state index in [9.17, 15) is 8.42 Å². The summed E-state index contributed by atoms with van der Waals surface area (Å²) in [6, 6.07) is 10.8. The van der Waals surface area contributed by atoms with Crippen molar-refractivity contribution < 1.29 is 12.8 Å². The number of sulfonamides is 1. The molecule has 1 aromatic carbocycles. The Balaban J connectivity index is 2.11. The summed E-state index contributed by atoms with van der Waals surface area (Å²) in [4.78, 5) is 0. The van der Waals surface area contributed by atoms with Gasteiger partial charge in [-0.05, 0) is 37.3 Å². The lowest BCUT2D eigenvalue weighted by Gasteiger charge is -2.14. The minimum absolute atomic E-state index is 0.00323. The van der Waals surface area contributed by atoms with Crippen LogP contribution in [0.1, 0.15) is 18.7 Å². The maximum Gasteiger partial charge on any atom is 0.229 e. The standard InChI is InChI=1S/C13H16N2O3S/c1-10(13-7-4-8-18-13)14-11-5-3-6-12(9-11)15-19(2,16)17/h3-10,14-15H,1-2H3. The highest BCUT2D eigenvalue weighted by Crippen LogP contribution is 2.22. The fourth-order valence-electron chi connectivity index (χ4n) is 1.75. The number of benzene rings is 1. The van der Waals surface area contributed by atoms with Crippen LogP contribution in [-0.4, -0.2) is 14.7 Å². The summed E-state index contributed by atoms with van der Waals surface area (Å²) in [6.45, 7) is 1.97. The molecule has 0 aliphatic rings. The molecule has 0 amide bonds. The molecule has 0 spiro atoms. The predicted octanol–water partition coefficient (Wildman–Crippen LogP) is 2.82. The van der Waals surface area contributed by atoms with Gasteiger partial charge in [0.2, 0.25) is 10.0 Å².